The Bertz CT molecular complexity index is 372. The number of nitrogens with zero attached hydrogens (tertiary/aromatic N) is 1. The summed E-state index contributed by atoms with van der Waals surface area (Å²) < 4.78 is 23.2. The normalized spacial score (nSPS) is 18.6. The maximum atomic E-state index is 11.6. The highest BCUT2D eigenvalue weighted by atomic mass is 32.2. The van der Waals surface area contributed by atoms with Crippen molar-refractivity contribution in [2.24, 2.45) is 5.92 Å². The number of hydrogen-bond acceptors (Lipinski definition) is 4. The zero-order chi connectivity index (χ0) is 14.3. The molecule has 1 saturated heterocycles. The number of carbonyl (C=O) groups is 1. The van der Waals surface area contributed by atoms with E-state index in [1.165, 1.54) is 0 Å². The van der Waals surface area contributed by atoms with E-state index in [1.807, 2.05) is 6.92 Å². The van der Waals surface area contributed by atoms with Gasteiger partial charge in [-0.25, -0.2) is 8.42 Å². The van der Waals surface area contributed by atoms with Crippen LogP contribution in [0.3, 0.4) is 0 Å². The summed E-state index contributed by atoms with van der Waals surface area (Å²) in [5.41, 5.74) is 0. The van der Waals surface area contributed by atoms with Crippen molar-refractivity contribution >= 4 is 15.8 Å². The quantitative estimate of drug-likeness (QED) is 0.731. The van der Waals surface area contributed by atoms with Gasteiger partial charge in [0.2, 0.25) is 0 Å². The first-order valence-electron chi connectivity index (χ1n) is 7.07. The van der Waals surface area contributed by atoms with Crippen LogP contribution in [0.4, 0.5) is 0 Å². The average molecular weight is 291 g/mol. The Morgan fingerprint density at radius 1 is 1.26 bits per heavy atom. The highest BCUT2D eigenvalue weighted by Crippen LogP contribution is 2.21. The van der Waals surface area contributed by atoms with E-state index >= 15 is 0 Å². The van der Waals surface area contributed by atoms with Gasteiger partial charge in [-0.05, 0) is 44.7 Å². The monoisotopic (exact) mass is 291 g/mol. The van der Waals surface area contributed by atoms with Gasteiger partial charge in [0, 0.05) is 18.7 Å². The van der Waals surface area contributed by atoms with Crippen molar-refractivity contribution in [1.29, 1.82) is 0 Å². The zero-order valence-corrected chi connectivity index (χ0v) is 12.5. The van der Waals surface area contributed by atoms with Gasteiger partial charge in [0.15, 0.2) is 9.84 Å². The van der Waals surface area contributed by atoms with Crippen LogP contribution in [-0.4, -0.2) is 55.5 Å². The summed E-state index contributed by atoms with van der Waals surface area (Å²) in [5, 5.41) is 8.64. The minimum atomic E-state index is -2.89. The van der Waals surface area contributed by atoms with E-state index in [9.17, 15) is 13.2 Å². The van der Waals surface area contributed by atoms with Crippen molar-refractivity contribution < 1.29 is 18.3 Å². The Balaban J connectivity index is 2.21. The van der Waals surface area contributed by atoms with Crippen LogP contribution in [-0.2, 0) is 14.6 Å². The molecule has 0 saturated carbocycles. The van der Waals surface area contributed by atoms with Crippen molar-refractivity contribution in [2.75, 3.05) is 31.1 Å². The summed E-state index contributed by atoms with van der Waals surface area (Å²) in [6.07, 6.45) is 3.65. The minimum absolute atomic E-state index is 0.246. The van der Waals surface area contributed by atoms with Crippen LogP contribution in [0.5, 0.6) is 0 Å². The third kappa shape index (κ3) is 6.92. The van der Waals surface area contributed by atoms with Crippen molar-refractivity contribution in [3.05, 3.63) is 0 Å². The summed E-state index contributed by atoms with van der Waals surface area (Å²) >= 11 is 0. The van der Waals surface area contributed by atoms with E-state index in [4.69, 9.17) is 5.11 Å². The first kappa shape index (κ1) is 16.4. The third-order valence-electron chi connectivity index (χ3n) is 3.71. The molecule has 1 aliphatic heterocycles. The molecule has 0 spiro atoms. The van der Waals surface area contributed by atoms with Crippen LogP contribution < -0.4 is 0 Å². The van der Waals surface area contributed by atoms with Crippen LogP contribution in [0, 0.1) is 5.92 Å². The molecule has 1 rings (SSSR count). The van der Waals surface area contributed by atoms with Gasteiger partial charge in [-0.1, -0.05) is 6.92 Å². The molecular formula is C13H25NO4S. The smallest absolute Gasteiger partial charge is 0.303 e. The predicted molar refractivity (Wildman–Crippen MR) is 75.0 cm³/mol. The summed E-state index contributed by atoms with van der Waals surface area (Å²) in [5.74, 6) is 0.288. The van der Waals surface area contributed by atoms with Gasteiger partial charge in [0.1, 0.15) is 0 Å². The summed E-state index contributed by atoms with van der Waals surface area (Å²) in [4.78, 5) is 12.7. The van der Waals surface area contributed by atoms with Gasteiger partial charge in [-0.3, -0.25) is 4.79 Å². The molecule has 0 aromatic rings. The summed E-state index contributed by atoms with van der Waals surface area (Å²) in [7, 11) is -2.89. The number of rotatable bonds is 8. The predicted octanol–water partition coefficient (Wildman–Crippen LogP) is 1.39. The van der Waals surface area contributed by atoms with Crippen molar-refractivity contribution in [3.8, 4) is 0 Å². The molecule has 0 amide bonds. The zero-order valence-electron chi connectivity index (χ0n) is 11.7. The molecule has 0 unspecified atom stereocenters. The Morgan fingerprint density at radius 2 is 1.89 bits per heavy atom. The maximum absolute atomic E-state index is 11.6. The van der Waals surface area contributed by atoms with E-state index in [-0.39, 0.29) is 17.9 Å². The molecule has 5 nitrogen and oxygen atoms in total. The molecule has 19 heavy (non-hydrogen) atoms. The molecule has 1 aliphatic rings. The number of carboxylic acids is 1. The van der Waals surface area contributed by atoms with E-state index in [0.717, 1.165) is 32.4 Å². The molecule has 112 valence electrons. The lowest BCUT2D eigenvalue weighted by Crippen LogP contribution is -2.37. The average Bonchev–Trinajstić information content (AvgIpc) is 2.35. The van der Waals surface area contributed by atoms with Gasteiger partial charge in [0.25, 0.3) is 0 Å². The largest absolute Gasteiger partial charge is 0.481 e. The molecule has 0 aliphatic carbocycles. The second-order valence-corrected chi connectivity index (χ2v) is 7.67. The Labute approximate surface area is 115 Å². The second kappa shape index (κ2) is 7.85. The van der Waals surface area contributed by atoms with Gasteiger partial charge >= 0.3 is 5.97 Å². The Morgan fingerprint density at radius 3 is 2.42 bits per heavy atom. The highest BCUT2D eigenvalue weighted by molar-refractivity contribution is 7.91. The fraction of sp³-hybridized carbons (Fsp3) is 0.923. The van der Waals surface area contributed by atoms with Gasteiger partial charge in [-0.2, -0.15) is 0 Å². The lowest BCUT2D eigenvalue weighted by molar-refractivity contribution is -0.137. The first-order chi connectivity index (χ1) is 8.93. The third-order valence-corrected chi connectivity index (χ3v) is 5.54. The number of sulfone groups is 1. The maximum Gasteiger partial charge on any atom is 0.303 e. The number of likely N-dealkylation sites (tertiary alicyclic amines) is 1. The fourth-order valence-electron chi connectivity index (χ4n) is 2.51. The topological polar surface area (TPSA) is 74.7 Å². The summed E-state index contributed by atoms with van der Waals surface area (Å²) in [6.45, 7) is 4.29. The van der Waals surface area contributed by atoms with E-state index in [2.05, 4.69) is 4.90 Å². The van der Waals surface area contributed by atoms with Crippen LogP contribution in [0.25, 0.3) is 0 Å². The number of hydrogen-bond donors (Lipinski definition) is 1. The van der Waals surface area contributed by atoms with Crippen molar-refractivity contribution in [3.63, 3.8) is 0 Å². The lowest BCUT2D eigenvalue weighted by atomic mass is 9.92. The molecule has 0 radical (unpaired) electrons. The molecule has 6 heteroatoms. The molecule has 0 atom stereocenters. The lowest BCUT2D eigenvalue weighted by Gasteiger charge is -2.31. The molecule has 1 N–H and O–H groups in total. The first-order valence-corrected chi connectivity index (χ1v) is 8.89. The molecule has 0 aromatic carbocycles. The highest BCUT2D eigenvalue weighted by Gasteiger charge is 2.21. The SMILES string of the molecule is CCCS(=O)(=O)CCN1CCC(CCC(=O)O)CC1. The van der Waals surface area contributed by atoms with Crippen molar-refractivity contribution in [2.45, 2.75) is 39.0 Å². The van der Waals surface area contributed by atoms with Crippen LogP contribution in [0.1, 0.15) is 39.0 Å². The van der Waals surface area contributed by atoms with E-state index < -0.39 is 15.8 Å². The van der Waals surface area contributed by atoms with Crippen LogP contribution in [0.2, 0.25) is 0 Å². The number of carboxylic acid groups (broad SMARTS) is 1. The number of aliphatic carboxylic acids is 1. The summed E-state index contributed by atoms with van der Waals surface area (Å²) in [6, 6.07) is 0. The van der Waals surface area contributed by atoms with Gasteiger partial charge in [-0.15, -0.1) is 0 Å². The van der Waals surface area contributed by atoms with Crippen LogP contribution in [0.15, 0.2) is 0 Å². The molecular weight excluding hydrogens is 266 g/mol. The Kier molecular flexibility index (Phi) is 6.79. The van der Waals surface area contributed by atoms with Gasteiger partial charge in [0.05, 0.1) is 5.75 Å². The Hall–Kier alpha value is -0.620. The number of piperidine rings is 1. The van der Waals surface area contributed by atoms with E-state index in [1.54, 1.807) is 0 Å². The van der Waals surface area contributed by atoms with E-state index in [0.29, 0.717) is 18.9 Å². The molecule has 0 bridgehead atoms. The molecule has 1 heterocycles. The standard InChI is InChI=1S/C13H25NO4S/c1-2-10-19(17,18)11-9-14-7-5-12(6-8-14)3-4-13(15)16/h12H,2-11H2,1H3,(H,15,16). The fourth-order valence-corrected chi connectivity index (χ4v) is 3.87. The molecule has 0 aromatic heterocycles. The molecule has 1 fully saturated rings. The second-order valence-electron chi connectivity index (χ2n) is 5.37. The van der Waals surface area contributed by atoms with Crippen molar-refractivity contribution in [1.82, 2.24) is 4.90 Å². The minimum Gasteiger partial charge on any atom is -0.481 e. The van der Waals surface area contributed by atoms with Crippen LogP contribution >= 0.6 is 0 Å². The van der Waals surface area contributed by atoms with Gasteiger partial charge < -0.3 is 10.0 Å².